The van der Waals surface area contributed by atoms with Gasteiger partial charge in [0.05, 0.1) is 16.7 Å². The fraction of sp³-hybridized carbons (Fsp3) is 0.400. The quantitative estimate of drug-likeness (QED) is 0.876. The van der Waals surface area contributed by atoms with Crippen LogP contribution in [0.15, 0.2) is 18.2 Å². The van der Waals surface area contributed by atoms with Gasteiger partial charge in [-0.25, -0.2) is 0 Å². The van der Waals surface area contributed by atoms with Crippen molar-refractivity contribution < 1.29 is 14.3 Å². The first kappa shape index (κ1) is 16.1. The predicted octanol–water partition coefficient (Wildman–Crippen LogP) is 1.38. The first-order valence-corrected chi connectivity index (χ1v) is 7.37. The zero-order valence-corrected chi connectivity index (χ0v) is 12.7. The van der Waals surface area contributed by atoms with E-state index in [9.17, 15) is 9.59 Å². The lowest BCUT2D eigenvalue weighted by Gasteiger charge is -2.15. The summed E-state index contributed by atoms with van der Waals surface area (Å²) in [5.41, 5.74) is 0.414. The molecule has 0 bridgehead atoms. The molecule has 1 atom stereocenters. The molecule has 2 rings (SSSR count). The van der Waals surface area contributed by atoms with Gasteiger partial charge in [-0.05, 0) is 37.5 Å². The third kappa shape index (κ3) is 4.37. The zero-order chi connectivity index (χ0) is 15.9. The highest BCUT2D eigenvalue weighted by molar-refractivity contribution is 6.32. The Labute approximate surface area is 133 Å². The van der Waals surface area contributed by atoms with Gasteiger partial charge >= 0.3 is 0 Å². The molecule has 6 nitrogen and oxygen atoms in total. The zero-order valence-electron chi connectivity index (χ0n) is 11.9. The van der Waals surface area contributed by atoms with E-state index in [0.717, 1.165) is 12.8 Å². The van der Waals surface area contributed by atoms with E-state index >= 15 is 0 Å². The number of amides is 2. The Bertz CT molecular complexity index is 613. The smallest absolute Gasteiger partial charge is 0.258 e. The van der Waals surface area contributed by atoms with Gasteiger partial charge in [0, 0.05) is 6.54 Å². The molecule has 0 spiro atoms. The number of rotatable bonds is 4. The van der Waals surface area contributed by atoms with E-state index in [-0.39, 0.29) is 23.4 Å². The van der Waals surface area contributed by atoms with Crippen LogP contribution in [0.4, 0.5) is 0 Å². The summed E-state index contributed by atoms with van der Waals surface area (Å²) in [6.07, 6.45) is 2.41. The molecule has 0 unspecified atom stereocenters. The summed E-state index contributed by atoms with van der Waals surface area (Å²) < 4.78 is 5.32. The molecule has 7 heteroatoms. The van der Waals surface area contributed by atoms with Crippen LogP contribution in [0.25, 0.3) is 0 Å². The van der Waals surface area contributed by atoms with Crippen LogP contribution in [0.5, 0.6) is 5.75 Å². The van der Waals surface area contributed by atoms with Crippen LogP contribution in [0.1, 0.15) is 24.8 Å². The molecule has 0 aromatic heterocycles. The maximum Gasteiger partial charge on any atom is 0.258 e. The second-order valence-electron chi connectivity index (χ2n) is 4.95. The number of hydrogen-bond donors (Lipinski definition) is 2. The van der Waals surface area contributed by atoms with E-state index in [0.29, 0.717) is 24.3 Å². The maximum atomic E-state index is 11.9. The van der Waals surface area contributed by atoms with E-state index in [1.54, 1.807) is 6.07 Å². The minimum absolute atomic E-state index is 0.165. The molecule has 1 saturated heterocycles. The number of nitrogens with one attached hydrogen (secondary N) is 2. The Kier molecular flexibility index (Phi) is 5.61. The molecule has 116 valence electrons. The van der Waals surface area contributed by atoms with Crippen LogP contribution in [0.3, 0.4) is 0 Å². The predicted molar refractivity (Wildman–Crippen MR) is 80.5 cm³/mol. The Morgan fingerprint density at radius 1 is 1.50 bits per heavy atom. The van der Waals surface area contributed by atoms with Gasteiger partial charge in [-0.15, -0.1) is 0 Å². The van der Waals surface area contributed by atoms with Gasteiger partial charge in [-0.2, -0.15) is 5.26 Å². The van der Waals surface area contributed by atoms with Crippen molar-refractivity contribution in [2.45, 2.75) is 25.3 Å². The van der Waals surface area contributed by atoms with E-state index in [1.807, 2.05) is 6.07 Å². The normalized spacial score (nSPS) is 17.8. The standard InChI is InChI=1S/C15H16ClN3O3/c16-11-7-10(8-17)4-5-13(11)22-9-14(20)19-12-3-1-2-6-18-15(12)21/h4-5,7,12H,1-3,6,9H2,(H,18,21)(H,19,20)/t12-/m1/s1. The third-order valence-corrected chi connectivity index (χ3v) is 3.59. The first-order chi connectivity index (χ1) is 10.6. The summed E-state index contributed by atoms with van der Waals surface area (Å²) in [7, 11) is 0. The van der Waals surface area contributed by atoms with Crippen LogP contribution in [0, 0.1) is 11.3 Å². The van der Waals surface area contributed by atoms with E-state index in [1.165, 1.54) is 12.1 Å². The first-order valence-electron chi connectivity index (χ1n) is 6.99. The lowest BCUT2D eigenvalue weighted by Crippen LogP contribution is -2.46. The summed E-state index contributed by atoms with van der Waals surface area (Å²) in [5, 5.41) is 14.4. The van der Waals surface area contributed by atoms with Crippen molar-refractivity contribution in [1.29, 1.82) is 5.26 Å². The average Bonchev–Trinajstić information content (AvgIpc) is 2.71. The van der Waals surface area contributed by atoms with Crippen molar-refractivity contribution in [3.05, 3.63) is 28.8 Å². The lowest BCUT2D eigenvalue weighted by atomic mass is 10.1. The Morgan fingerprint density at radius 2 is 2.32 bits per heavy atom. The van der Waals surface area contributed by atoms with Crippen molar-refractivity contribution in [3.63, 3.8) is 0 Å². The molecule has 1 aliphatic rings. The Morgan fingerprint density at radius 3 is 3.05 bits per heavy atom. The molecule has 0 aliphatic carbocycles. The topological polar surface area (TPSA) is 91.2 Å². The highest BCUT2D eigenvalue weighted by Crippen LogP contribution is 2.25. The molecule has 2 N–H and O–H groups in total. The summed E-state index contributed by atoms with van der Waals surface area (Å²) in [6, 6.07) is 6.00. The second kappa shape index (κ2) is 7.66. The van der Waals surface area contributed by atoms with Crippen molar-refractivity contribution in [1.82, 2.24) is 10.6 Å². The maximum absolute atomic E-state index is 11.9. The summed E-state index contributed by atoms with van der Waals surface area (Å²) in [4.78, 5) is 23.6. The fourth-order valence-corrected chi connectivity index (χ4v) is 2.38. The largest absolute Gasteiger partial charge is 0.482 e. The molecular weight excluding hydrogens is 306 g/mol. The van der Waals surface area contributed by atoms with Crippen molar-refractivity contribution in [2.24, 2.45) is 0 Å². The number of nitriles is 1. The molecular formula is C15H16ClN3O3. The fourth-order valence-electron chi connectivity index (χ4n) is 2.14. The van der Waals surface area contributed by atoms with E-state index < -0.39 is 6.04 Å². The number of hydrogen-bond acceptors (Lipinski definition) is 4. The van der Waals surface area contributed by atoms with Gasteiger partial charge < -0.3 is 15.4 Å². The van der Waals surface area contributed by atoms with Gasteiger partial charge in [-0.3, -0.25) is 9.59 Å². The molecule has 1 fully saturated rings. The number of carbonyl (C=O) groups excluding carboxylic acids is 2. The molecule has 22 heavy (non-hydrogen) atoms. The van der Waals surface area contributed by atoms with Crippen LogP contribution >= 0.6 is 11.6 Å². The number of benzene rings is 1. The number of halogens is 1. The number of carbonyl (C=O) groups is 2. The highest BCUT2D eigenvalue weighted by atomic mass is 35.5. The van der Waals surface area contributed by atoms with Crippen LogP contribution < -0.4 is 15.4 Å². The minimum atomic E-state index is -0.518. The Hall–Kier alpha value is -2.26. The van der Waals surface area contributed by atoms with Crippen LogP contribution in [0.2, 0.25) is 5.02 Å². The summed E-state index contributed by atoms with van der Waals surface area (Å²) >= 11 is 5.96. The van der Waals surface area contributed by atoms with Crippen LogP contribution in [-0.4, -0.2) is 31.0 Å². The number of ether oxygens (including phenoxy) is 1. The van der Waals surface area contributed by atoms with Crippen molar-refractivity contribution in [2.75, 3.05) is 13.2 Å². The van der Waals surface area contributed by atoms with Gasteiger partial charge in [0.25, 0.3) is 5.91 Å². The van der Waals surface area contributed by atoms with Gasteiger partial charge in [-0.1, -0.05) is 11.6 Å². The van der Waals surface area contributed by atoms with Gasteiger partial charge in [0.2, 0.25) is 5.91 Å². The third-order valence-electron chi connectivity index (χ3n) is 3.29. The van der Waals surface area contributed by atoms with Gasteiger partial charge in [0.15, 0.2) is 6.61 Å². The lowest BCUT2D eigenvalue weighted by molar-refractivity contribution is -0.129. The molecule has 2 amide bonds. The van der Waals surface area contributed by atoms with Crippen LogP contribution in [-0.2, 0) is 9.59 Å². The summed E-state index contributed by atoms with van der Waals surface area (Å²) in [5.74, 6) is -0.231. The monoisotopic (exact) mass is 321 g/mol. The minimum Gasteiger partial charge on any atom is -0.482 e. The molecule has 1 heterocycles. The van der Waals surface area contributed by atoms with Crippen molar-refractivity contribution in [3.8, 4) is 11.8 Å². The SMILES string of the molecule is N#Cc1ccc(OCC(=O)N[C@@H]2CCCCNC2=O)c(Cl)c1. The summed E-state index contributed by atoms with van der Waals surface area (Å²) in [6.45, 7) is 0.401. The van der Waals surface area contributed by atoms with Gasteiger partial charge in [0.1, 0.15) is 11.8 Å². The van der Waals surface area contributed by atoms with Crippen molar-refractivity contribution >= 4 is 23.4 Å². The molecule has 1 aromatic rings. The molecule has 0 saturated carbocycles. The second-order valence-corrected chi connectivity index (χ2v) is 5.36. The Balaban J connectivity index is 1.87. The average molecular weight is 322 g/mol. The molecule has 1 aliphatic heterocycles. The highest BCUT2D eigenvalue weighted by Gasteiger charge is 2.22. The van der Waals surface area contributed by atoms with E-state index in [2.05, 4.69) is 10.6 Å². The molecule has 0 radical (unpaired) electrons. The molecule has 1 aromatic carbocycles. The van der Waals surface area contributed by atoms with E-state index in [4.69, 9.17) is 21.6 Å². The number of nitrogens with zero attached hydrogens (tertiary/aromatic N) is 1.